The van der Waals surface area contributed by atoms with Crippen molar-refractivity contribution >= 4 is 35.6 Å². The minimum absolute atomic E-state index is 0. The first kappa shape index (κ1) is 25.9. The summed E-state index contributed by atoms with van der Waals surface area (Å²) >= 11 is 0. The molecule has 0 unspecified atom stereocenters. The van der Waals surface area contributed by atoms with Crippen molar-refractivity contribution in [1.82, 2.24) is 10.6 Å². The number of para-hydroxylation sites is 1. The van der Waals surface area contributed by atoms with Crippen LogP contribution < -0.4 is 16.0 Å². The van der Waals surface area contributed by atoms with Crippen LogP contribution in [0.15, 0.2) is 35.3 Å². The molecule has 0 fully saturated rings. The van der Waals surface area contributed by atoms with Gasteiger partial charge in [-0.2, -0.15) is 0 Å². The van der Waals surface area contributed by atoms with E-state index in [1.807, 2.05) is 18.2 Å². The van der Waals surface area contributed by atoms with E-state index in [1.165, 1.54) is 6.42 Å². The van der Waals surface area contributed by atoms with Crippen LogP contribution in [-0.4, -0.2) is 58.6 Å². The van der Waals surface area contributed by atoms with Crippen LogP contribution in [0.25, 0.3) is 0 Å². The average molecular weight is 492 g/mol. The van der Waals surface area contributed by atoms with Crippen LogP contribution in [0, 0.1) is 0 Å². The molecule has 0 atom stereocenters. The Balaban J connectivity index is 0.00000676. The summed E-state index contributed by atoms with van der Waals surface area (Å²) in [5, 5.41) is 9.94. The Morgan fingerprint density at radius 3 is 2.33 bits per heavy atom. The van der Waals surface area contributed by atoms with Crippen LogP contribution in [0.4, 0.5) is 5.69 Å². The van der Waals surface area contributed by atoms with Gasteiger partial charge in [0.05, 0.1) is 19.8 Å². The van der Waals surface area contributed by atoms with Gasteiger partial charge in [-0.1, -0.05) is 31.5 Å². The van der Waals surface area contributed by atoms with Gasteiger partial charge in [-0.3, -0.25) is 4.99 Å². The Hall–Kier alpha value is -1.06. The first-order chi connectivity index (χ1) is 12.9. The molecule has 6 nitrogen and oxygen atoms in total. The van der Waals surface area contributed by atoms with E-state index in [4.69, 9.17) is 9.47 Å². The fourth-order valence-corrected chi connectivity index (χ4v) is 2.21. The Bertz CT molecular complexity index is 461. The zero-order valence-corrected chi connectivity index (χ0v) is 19.2. The summed E-state index contributed by atoms with van der Waals surface area (Å²) in [5.41, 5.74) is 1.15. The lowest BCUT2D eigenvalue weighted by atomic mass is 10.3. The number of ether oxygens (including phenoxy) is 2. The van der Waals surface area contributed by atoms with Crippen molar-refractivity contribution in [3.63, 3.8) is 0 Å². The maximum Gasteiger partial charge on any atom is 0.191 e. The molecule has 0 amide bonds. The van der Waals surface area contributed by atoms with Crippen molar-refractivity contribution in [3.05, 3.63) is 30.3 Å². The van der Waals surface area contributed by atoms with Gasteiger partial charge < -0.3 is 25.4 Å². The molecule has 1 rings (SSSR count). The molecule has 0 aliphatic heterocycles. The van der Waals surface area contributed by atoms with E-state index in [0.29, 0.717) is 19.8 Å². The van der Waals surface area contributed by atoms with Crippen molar-refractivity contribution in [2.24, 2.45) is 4.99 Å². The zero-order chi connectivity index (χ0) is 18.7. The van der Waals surface area contributed by atoms with Crippen molar-refractivity contribution in [1.29, 1.82) is 0 Å². The van der Waals surface area contributed by atoms with E-state index in [-0.39, 0.29) is 24.0 Å². The molecule has 1 aromatic carbocycles. The largest absolute Gasteiger partial charge is 0.385 e. The highest BCUT2D eigenvalue weighted by Crippen LogP contribution is 2.04. The third-order valence-electron chi connectivity index (χ3n) is 3.61. The standard InChI is InChI=1S/C20H36N4O2.HI/c1-3-5-15-25-17-18-26-16-14-24-20(21-4-2)23-13-9-12-22-19-10-7-6-8-11-19;/h6-8,10-11,22H,3-5,9,12-18H2,1-2H3,(H2,21,23,24);1H. The van der Waals surface area contributed by atoms with Crippen molar-refractivity contribution < 1.29 is 9.47 Å². The molecule has 7 heteroatoms. The van der Waals surface area contributed by atoms with Crippen LogP contribution in [0.3, 0.4) is 0 Å². The molecule has 156 valence electrons. The fourth-order valence-electron chi connectivity index (χ4n) is 2.21. The van der Waals surface area contributed by atoms with Gasteiger partial charge in [0, 0.05) is 38.5 Å². The second kappa shape index (κ2) is 19.7. The van der Waals surface area contributed by atoms with Crippen LogP contribution in [0.1, 0.15) is 33.1 Å². The number of unbranched alkanes of at least 4 members (excludes halogenated alkanes) is 1. The summed E-state index contributed by atoms with van der Waals surface area (Å²) in [7, 11) is 0. The molecule has 0 radical (unpaired) electrons. The van der Waals surface area contributed by atoms with Crippen LogP contribution in [0.5, 0.6) is 0 Å². The third-order valence-corrected chi connectivity index (χ3v) is 3.61. The summed E-state index contributed by atoms with van der Waals surface area (Å²) in [5.74, 6) is 0.843. The van der Waals surface area contributed by atoms with Crippen molar-refractivity contribution in [2.45, 2.75) is 33.1 Å². The quantitative estimate of drug-likeness (QED) is 0.151. The summed E-state index contributed by atoms with van der Waals surface area (Å²) < 4.78 is 11.0. The molecule has 3 N–H and O–H groups in total. The third kappa shape index (κ3) is 15.7. The maximum absolute atomic E-state index is 5.55. The second-order valence-corrected chi connectivity index (χ2v) is 5.91. The molecular formula is C20H37IN4O2. The van der Waals surface area contributed by atoms with E-state index in [1.54, 1.807) is 0 Å². The van der Waals surface area contributed by atoms with Gasteiger partial charge in [0.1, 0.15) is 0 Å². The molecule has 0 bridgehead atoms. The number of hydrogen-bond donors (Lipinski definition) is 3. The van der Waals surface area contributed by atoms with Crippen LogP contribution in [0.2, 0.25) is 0 Å². The summed E-state index contributed by atoms with van der Waals surface area (Å²) in [6.45, 7) is 10.3. The lowest BCUT2D eigenvalue weighted by Gasteiger charge is -2.12. The second-order valence-electron chi connectivity index (χ2n) is 5.91. The molecule has 0 aliphatic carbocycles. The number of anilines is 1. The highest BCUT2D eigenvalue weighted by atomic mass is 127. The van der Waals surface area contributed by atoms with Gasteiger partial charge >= 0.3 is 0 Å². The van der Waals surface area contributed by atoms with Gasteiger partial charge in [-0.05, 0) is 31.9 Å². The first-order valence-electron chi connectivity index (χ1n) is 9.83. The highest BCUT2D eigenvalue weighted by Gasteiger charge is 1.97. The molecule has 1 aromatic rings. The van der Waals surface area contributed by atoms with E-state index < -0.39 is 0 Å². The number of nitrogens with one attached hydrogen (secondary N) is 3. The number of hydrogen-bond acceptors (Lipinski definition) is 4. The molecule has 0 saturated heterocycles. The molecular weight excluding hydrogens is 455 g/mol. The number of benzene rings is 1. The van der Waals surface area contributed by atoms with Gasteiger partial charge in [0.25, 0.3) is 0 Å². The van der Waals surface area contributed by atoms with E-state index in [2.05, 4.69) is 46.9 Å². The van der Waals surface area contributed by atoms with Gasteiger partial charge in [-0.15, -0.1) is 24.0 Å². The fraction of sp³-hybridized carbons (Fsp3) is 0.650. The maximum atomic E-state index is 5.55. The number of guanidine groups is 1. The smallest absolute Gasteiger partial charge is 0.191 e. The molecule has 0 saturated carbocycles. The lowest BCUT2D eigenvalue weighted by Crippen LogP contribution is -2.39. The zero-order valence-electron chi connectivity index (χ0n) is 16.8. The van der Waals surface area contributed by atoms with Gasteiger partial charge in [0.2, 0.25) is 0 Å². The summed E-state index contributed by atoms with van der Waals surface area (Å²) in [4.78, 5) is 4.59. The monoisotopic (exact) mass is 492 g/mol. The van der Waals surface area contributed by atoms with Crippen LogP contribution >= 0.6 is 24.0 Å². The average Bonchev–Trinajstić information content (AvgIpc) is 2.67. The van der Waals surface area contributed by atoms with Crippen molar-refractivity contribution in [2.75, 3.05) is 57.9 Å². The van der Waals surface area contributed by atoms with Crippen LogP contribution in [-0.2, 0) is 9.47 Å². The minimum atomic E-state index is 0. The number of aliphatic imine (C=N–C) groups is 1. The predicted molar refractivity (Wildman–Crippen MR) is 125 cm³/mol. The van der Waals surface area contributed by atoms with Gasteiger partial charge in [0.15, 0.2) is 5.96 Å². The number of rotatable bonds is 15. The molecule has 27 heavy (non-hydrogen) atoms. The number of halogens is 1. The Kier molecular flexibility index (Phi) is 18.9. The number of nitrogens with zero attached hydrogens (tertiary/aromatic N) is 1. The topological polar surface area (TPSA) is 66.9 Å². The van der Waals surface area contributed by atoms with E-state index in [0.717, 1.165) is 57.3 Å². The first-order valence-corrected chi connectivity index (χ1v) is 9.83. The minimum Gasteiger partial charge on any atom is -0.385 e. The summed E-state index contributed by atoms with van der Waals surface area (Å²) in [6, 6.07) is 10.2. The normalized spacial score (nSPS) is 11.0. The van der Waals surface area contributed by atoms with Gasteiger partial charge in [-0.25, -0.2) is 0 Å². The molecule has 0 aliphatic rings. The van der Waals surface area contributed by atoms with E-state index in [9.17, 15) is 0 Å². The molecule has 0 spiro atoms. The predicted octanol–water partition coefficient (Wildman–Crippen LogP) is 3.50. The molecule has 0 heterocycles. The lowest BCUT2D eigenvalue weighted by molar-refractivity contribution is 0.0487. The SMILES string of the molecule is CCCCOCCOCCNC(=NCCCNc1ccccc1)NCC.I. The summed E-state index contributed by atoms with van der Waals surface area (Å²) in [6.07, 6.45) is 3.27. The molecule has 0 aromatic heterocycles. The Labute approximate surface area is 181 Å². The Morgan fingerprint density at radius 2 is 1.63 bits per heavy atom. The van der Waals surface area contributed by atoms with E-state index >= 15 is 0 Å². The Morgan fingerprint density at radius 1 is 0.889 bits per heavy atom. The highest BCUT2D eigenvalue weighted by molar-refractivity contribution is 14.0. The van der Waals surface area contributed by atoms with Crippen molar-refractivity contribution in [3.8, 4) is 0 Å².